The summed E-state index contributed by atoms with van der Waals surface area (Å²) in [4.78, 5) is 22.7. The topological polar surface area (TPSA) is 132 Å². The van der Waals surface area contributed by atoms with Crippen LogP contribution in [0.3, 0.4) is 0 Å². The second-order valence-electron chi connectivity index (χ2n) is 6.64. The van der Waals surface area contributed by atoms with Gasteiger partial charge in [-0.25, -0.2) is 14.6 Å². The van der Waals surface area contributed by atoms with Crippen LogP contribution >= 0.6 is 0 Å². The van der Waals surface area contributed by atoms with E-state index in [1.807, 2.05) is 67.2 Å². The van der Waals surface area contributed by atoms with E-state index in [1.54, 1.807) is 14.2 Å². The van der Waals surface area contributed by atoms with Crippen LogP contribution in [0.25, 0.3) is 11.3 Å². The lowest BCUT2D eigenvalue weighted by Gasteiger charge is -2.12. The van der Waals surface area contributed by atoms with Crippen LogP contribution in [0.4, 0.5) is 5.95 Å². The highest BCUT2D eigenvalue weighted by Gasteiger charge is 2.10. The second kappa shape index (κ2) is 12.0. The molecule has 3 N–H and O–H groups in total. The summed E-state index contributed by atoms with van der Waals surface area (Å²) >= 11 is 0. The molecule has 10 heteroatoms. The highest BCUT2D eigenvalue weighted by atomic mass is 16.5. The van der Waals surface area contributed by atoms with Crippen molar-refractivity contribution in [1.29, 1.82) is 0 Å². The van der Waals surface area contributed by atoms with Gasteiger partial charge in [-0.05, 0) is 48.9 Å². The number of anilines is 1. The van der Waals surface area contributed by atoms with Crippen molar-refractivity contribution in [3.05, 3.63) is 54.2 Å². The number of nitrogens with zero attached hydrogens (tertiary/aromatic N) is 2. The third-order valence-electron chi connectivity index (χ3n) is 4.54. The van der Waals surface area contributed by atoms with Crippen LogP contribution in [-0.2, 0) is 23.2 Å². The van der Waals surface area contributed by atoms with E-state index < -0.39 is 11.9 Å². The monoisotopic (exact) mass is 457 g/mol. The number of hydrogen-bond donors (Lipinski definition) is 3. The average Bonchev–Trinajstić information content (AvgIpc) is 3.19. The molecule has 33 heavy (non-hydrogen) atoms. The molecule has 0 aliphatic heterocycles. The van der Waals surface area contributed by atoms with Crippen LogP contribution in [0.1, 0.15) is 12.5 Å². The lowest BCUT2D eigenvalue weighted by atomic mass is 10.1. The maximum Gasteiger partial charge on any atom is 0.414 e. The Balaban J connectivity index is 0.000000569. The maximum absolute atomic E-state index is 9.10. The minimum absolute atomic E-state index is 0.607. The molecule has 0 atom stereocenters. The van der Waals surface area contributed by atoms with E-state index >= 15 is 0 Å². The number of benzene rings is 2. The molecule has 1 heterocycles. The molecular weight excluding hydrogens is 430 g/mol. The molecule has 0 fully saturated rings. The molecule has 0 unspecified atom stereocenters. The number of aromatic nitrogens is 2. The van der Waals surface area contributed by atoms with E-state index in [-0.39, 0.29) is 0 Å². The van der Waals surface area contributed by atoms with E-state index in [1.165, 1.54) is 0 Å². The first-order valence-electron chi connectivity index (χ1n) is 9.96. The van der Waals surface area contributed by atoms with Crippen molar-refractivity contribution in [2.24, 2.45) is 7.05 Å². The molecule has 176 valence electrons. The van der Waals surface area contributed by atoms with Crippen molar-refractivity contribution < 1.29 is 34.0 Å². The quantitative estimate of drug-likeness (QED) is 0.436. The summed E-state index contributed by atoms with van der Waals surface area (Å²) in [5, 5.41) is 18.2. The van der Waals surface area contributed by atoms with Crippen molar-refractivity contribution in [3.8, 4) is 28.5 Å². The number of aliphatic carboxylic acids is 2. The molecule has 3 rings (SSSR count). The molecule has 0 saturated carbocycles. The predicted octanol–water partition coefficient (Wildman–Crippen LogP) is 3.27. The summed E-state index contributed by atoms with van der Waals surface area (Å²) < 4.78 is 18.2. The Morgan fingerprint density at radius 3 is 2.21 bits per heavy atom. The van der Waals surface area contributed by atoms with Crippen LogP contribution in [0.15, 0.2) is 48.7 Å². The molecule has 0 aliphatic rings. The molecule has 0 bridgehead atoms. The van der Waals surface area contributed by atoms with Gasteiger partial charge in [0, 0.05) is 19.2 Å². The van der Waals surface area contributed by atoms with Crippen LogP contribution in [0.2, 0.25) is 0 Å². The molecule has 2 aromatic carbocycles. The van der Waals surface area contributed by atoms with E-state index in [0.717, 1.165) is 40.0 Å². The number of nitrogens with one attached hydrogen (secondary N) is 1. The van der Waals surface area contributed by atoms with Crippen LogP contribution in [0, 0.1) is 0 Å². The van der Waals surface area contributed by atoms with Gasteiger partial charge in [-0.1, -0.05) is 6.07 Å². The van der Waals surface area contributed by atoms with Crippen molar-refractivity contribution in [2.45, 2.75) is 13.5 Å². The SMILES string of the molecule is CCOc1ccc(CNc2ncc(-c3ccc(OC)cc3)n2C)cc1OC.O=C(O)C(=O)O. The second-order valence-corrected chi connectivity index (χ2v) is 6.64. The first kappa shape index (κ1) is 25.1. The van der Waals surface area contributed by atoms with Gasteiger partial charge in [-0.2, -0.15) is 0 Å². The summed E-state index contributed by atoms with van der Waals surface area (Å²) in [6.07, 6.45) is 1.86. The number of hydrogen-bond acceptors (Lipinski definition) is 7. The minimum atomic E-state index is -1.82. The van der Waals surface area contributed by atoms with Crippen molar-refractivity contribution in [3.63, 3.8) is 0 Å². The van der Waals surface area contributed by atoms with Gasteiger partial charge < -0.3 is 34.3 Å². The maximum atomic E-state index is 9.10. The summed E-state index contributed by atoms with van der Waals surface area (Å²) in [6, 6.07) is 13.9. The normalized spacial score (nSPS) is 9.94. The zero-order valence-corrected chi connectivity index (χ0v) is 18.9. The van der Waals surface area contributed by atoms with Gasteiger partial charge in [0.15, 0.2) is 11.5 Å². The molecule has 0 saturated heterocycles. The van der Waals surface area contributed by atoms with Gasteiger partial charge in [0.1, 0.15) is 5.75 Å². The van der Waals surface area contributed by atoms with Gasteiger partial charge in [-0.3, -0.25) is 0 Å². The fraction of sp³-hybridized carbons (Fsp3) is 0.261. The number of carboxylic acid groups (broad SMARTS) is 2. The van der Waals surface area contributed by atoms with Gasteiger partial charge in [0.25, 0.3) is 0 Å². The summed E-state index contributed by atoms with van der Waals surface area (Å²) in [5.41, 5.74) is 3.20. The molecule has 0 radical (unpaired) electrons. The average molecular weight is 457 g/mol. The van der Waals surface area contributed by atoms with Crippen LogP contribution in [-0.4, -0.2) is 52.5 Å². The molecule has 0 amide bonds. The third kappa shape index (κ3) is 6.89. The lowest BCUT2D eigenvalue weighted by molar-refractivity contribution is -0.159. The first-order chi connectivity index (χ1) is 15.8. The highest BCUT2D eigenvalue weighted by molar-refractivity contribution is 6.27. The van der Waals surface area contributed by atoms with Crippen molar-refractivity contribution in [2.75, 3.05) is 26.1 Å². The van der Waals surface area contributed by atoms with E-state index in [0.29, 0.717) is 13.2 Å². The molecule has 0 spiro atoms. The Kier molecular flexibility index (Phi) is 9.10. The molecule has 1 aromatic heterocycles. The molecule has 10 nitrogen and oxygen atoms in total. The first-order valence-corrected chi connectivity index (χ1v) is 9.96. The fourth-order valence-electron chi connectivity index (χ4n) is 2.88. The van der Waals surface area contributed by atoms with Gasteiger partial charge >= 0.3 is 11.9 Å². The number of ether oxygens (including phenoxy) is 3. The molecular formula is C23H27N3O7. The smallest absolute Gasteiger partial charge is 0.414 e. The Morgan fingerprint density at radius 1 is 1.00 bits per heavy atom. The third-order valence-corrected chi connectivity index (χ3v) is 4.54. The zero-order chi connectivity index (χ0) is 24.4. The van der Waals surface area contributed by atoms with E-state index in [4.69, 9.17) is 34.0 Å². The number of methoxy groups -OCH3 is 2. The van der Waals surface area contributed by atoms with Gasteiger partial charge in [0.2, 0.25) is 5.95 Å². The number of carbonyl (C=O) groups is 2. The van der Waals surface area contributed by atoms with Crippen LogP contribution in [0.5, 0.6) is 17.2 Å². The van der Waals surface area contributed by atoms with Gasteiger partial charge in [-0.15, -0.1) is 0 Å². The number of carboxylic acids is 2. The lowest BCUT2D eigenvalue weighted by Crippen LogP contribution is -2.09. The van der Waals surface area contributed by atoms with E-state index in [2.05, 4.69) is 10.3 Å². The van der Waals surface area contributed by atoms with Crippen molar-refractivity contribution in [1.82, 2.24) is 9.55 Å². The Bertz CT molecular complexity index is 1070. The Hall–Kier alpha value is -4.21. The fourth-order valence-corrected chi connectivity index (χ4v) is 2.88. The highest BCUT2D eigenvalue weighted by Crippen LogP contribution is 2.29. The Labute approximate surface area is 191 Å². The molecule has 3 aromatic rings. The van der Waals surface area contributed by atoms with Crippen molar-refractivity contribution >= 4 is 17.9 Å². The summed E-state index contributed by atoms with van der Waals surface area (Å²) in [5.74, 6) is -0.528. The van der Waals surface area contributed by atoms with E-state index in [9.17, 15) is 0 Å². The Morgan fingerprint density at radius 2 is 1.67 bits per heavy atom. The largest absolute Gasteiger partial charge is 0.497 e. The summed E-state index contributed by atoms with van der Waals surface area (Å²) in [6.45, 7) is 3.20. The number of rotatable bonds is 8. The summed E-state index contributed by atoms with van der Waals surface area (Å²) in [7, 11) is 5.31. The van der Waals surface area contributed by atoms with Crippen LogP contribution < -0.4 is 19.5 Å². The molecule has 0 aliphatic carbocycles. The zero-order valence-electron chi connectivity index (χ0n) is 18.9. The number of imidazole rings is 1. The standard InChI is InChI=1S/C21H25N3O3.C2H2O4/c1-5-27-19-11-6-15(12-20(19)26-4)13-22-21-23-14-18(24(21)2)16-7-9-17(25-3)10-8-16;3-1(4)2(5)6/h6-12,14H,5,13H2,1-4H3,(H,22,23);(H,3,4)(H,5,6). The predicted molar refractivity (Wildman–Crippen MR) is 122 cm³/mol. The van der Waals surface area contributed by atoms with Gasteiger partial charge in [0.05, 0.1) is 32.7 Å². The minimum Gasteiger partial charge on any atom is -0.497 e.